The van der Waals surface area contributed by atoms with Gasteiger partial charge < -0.3 is 5.32 Å². The molecule has 0 aliphatic heterocycles. The van der Waals surface area contributed by atoms with Crippen molar-refractivity contribution in [1.82, 2.24) is 5.32 Å². The van der Waals surface area contributed by atoms with Crippen LogP contribution in [0.4, 0.5) is 0 Å². The lowest BCUT2D eigenvalue weighted by atomic mass is 9.87. The van der Waals surface area contributed by atoms with Crippen LogP contribution in [0.5, 0.6) is 0 Å². The van der Waals surface area contributed by atoms with Crippen LogP contribution in [-0.2, 0) is 0 Å². The van der Waals surface area contributed by atoms with Crippen LogP contribution in [0, 0.1) is 11.8 Å². The summed E-state index contributed by atoms with van der Waals surface area (Å²) in [7, 11) is 0. The smallest absolute Gasteiger partial charge is 0.00978 e. The summed E-state index contributed by atoms with van der Waals surface area (Å²) in [6.07, 6.45) is 14.2. The van der Waals surface area contributed by atoms with Crippen LogP contribution in [0.2, 0.25) is 0 Å². The highest BCUT2D eigenvalue weighted by Gasteiger charge is 2.29. The highest BCUT2D eigenvalue weighted by atomic mass is 14.9. The summed E-state index contributed by atoms with van der Waals surface area (Å²) in [4.78, 5) is 0. The first kappa shape index (κ1) is 16.0. The second kappa shape index (κ2) is 9.83. The molecule has 1 fully saturated rings. The molecule has 0 heterocycles. The molecule has 0 radical (unpaired) electrons. The number of rotatable bonds is 10. The number of nitrogens with one attached hydrogen (secondary N) is 1. The van der Waals surface area contributed by atoms with Crippen molar-refractivity contribution in [3.63, 3.8) is 0 Å². The van der Waals surface area contributed by atoms with Gasteiger partial charge in [0.2, 0.25) is 0 Å². The van der Waals surface area contributed by atoms with Gasteiger partial charge in [0, 0.05) is 6.04 Å². The van der Waals surface area contributed by atoms with Gasteiger partial charge in [0.25, 0.3) is 0 Å². The zero-order valence-electron chi connectivity index (χ0n) is 13.0. The Hall–Kier alpha value is -0.0400. The Labute approximate surface area is 115 Å². The van der Waals surface area contributed by atoms with Gasteiger partial charge in [0.1, 0.15) is 0 Å². The largest absolute Gasteiger partial charge is 0.314 e. The molecule has 0 bridgehead atoms. The highest BCUT2D eigenvalue weighted by Crippen LogP contribution is 2.35. The second-order valence-electron chi connectivity index (χ2n) is 6.34. The Bertz CT molecular complexity index is 190. The molecule has 0 saturated heterocycles. The minimum absolute atomic E-state index is 0.809. The summed E-state index contributed by atoms with van der Waals surface area (Å²) in [6.45, 7) is 8.26. The van der Waals surface area contributed by atoms with Gasteiger partial charge in [0.15, 0.2) is 0 Å². The molecular weight excluding hydrogens is 218 g/mol. The number of hydrogen-bond donors (Lipinski definition) is 1. The van der Waals surface area contributed by atoms with Crippen molar-refractivity contribution >= 4 is 0 Å². The van der Waals surface area contributed by atoms with E-state index in [-0.39, 0.29) is 0 Å². The lowest BCUT2D eigenvalue weighted by Crippen LogP contribution is -2.37. The van der Waals surface area contributed by atoms with E-state index in [1.165, 1.54) is 70.8 Å². The van der Waals surface area contributed by atoms with Crippen LogP contribution in [0.1, 0.15) is 85.0 Å². The molecule has 108 valence electrons. The molecule has 1 rings (SSSR count). The second-order valence-corrected chi connectivity index (χ2v) is 6.34. The van der Waals surface area contributed by atoms with Gasteiger partial charge in [-0.1, -0.05) is 65.7 Å². The summed E-state index contributed by atoms with van der Waals surface area (Å²) in [5, 5.41) is 3.83. The Balaban J connectivity index is 2.26. The maximum atomic E-state index is 3.83. The Morgan fingerprint density at radius 2 is 1.78 bits per heavy atom. The summed E-state index contributed by atoms with van der Waals surface area (Å²) in [6, 6.07) is 0.809. The maximum absolute atomic E-state index is 3.83. The summed E-state index contributed by atoms with van der Waals surface area (Å²) < 4.78 is 0. The van der Waals surface area contributed by atoms with Crippen molar-refractivity contribution in [2.24, 2.45) is 11.8 Å². The van der Waals surface area contributed by atoms with E-state index in [0.29, 0.717) is 0 Å². The zero-order valence-corrected chi connectivity index (χ0v) is 13.0. The molecule has 18 heavy (non-hydrogen) atoms. The van der Waals surface area contributed by atoms with Gasteiger partial charge in [-0.05, 0) is 37.6 Å². The van der Waals surface area contributed by atoms with Crippen molar-refractivity contribution < 1.29 is 0 Å². The zero-order chi connectivity index (χ0) is 13.2. The van der Waals surface area contributed by atoms with Gasteiger partial charge in [-0.25, -0.2) is 0 Å². The predicted octanol–water partition coefficient (Wildman–Crippen LogP) is 5.15. The lowest BCUT2D eigenvalue weighted by Gasteiger charge is -2.28. The van der Waals surface area contributed by atoms with Crippen molar-refractivity contribution in [2.75, 3.05) is 6.54 Å². The molecule has 0 amide bonds. The topological polar surface area (TPSA) is 12.0 Å². The van der Waals surface area contributed by atoms with E-state index in [9.17, 15) is 0 Å². The monoisotopic (exact) mass is 253 g/mol. The minimum atomic E-state index is 0.809. The Morgan fingerprint density at radius 3 is 2.39 bits per heavy atom. The molecule has 1 N–H and O–H groups in total. The molecule has 1 saturated carbocycles. The van der Waals surface area contributed by atoms with E-state index in [4.69, 9.17) is 0 Å². The third-order valence-corrected chi connectivity index (χ3v) is 4.72. The van der Waals surface area contributed by atoms with Crippen LogP contribution >= 0.6 is 0 Å². The predicted molar refractivity (Wildman–Crippen MR) is 82.0 cm³/mol. The molecule has 1 aliphatic rings. The van der Waals surface area contributed by atoms with E-state index >= 15 is 0 Å². The first-order valence-electron chi connectivity index (χ1n) is 8.53. The van der Waals surface area contributed by atoms with Crippen LogP contribution in [0.15, 0.2) is 0 Å². The van der Waals surface area contributed by atoms with Crippen LogP contribution < -0.4 is 5.32 Å². The lowest BCUT2D eigenvalue weighted by molar-refractivity contribution is 0.277. The molecule has 0 aromatic rings. The molecule has 1 aliphatic carbocycles. The average Bonchev–Trinajstić information content (AvgIpc) is 2.79. The highest BCUT2D eigenvalue weighted by molar-refractivity contribution is 4.84. The van der Waals surface area contributed by atoms with Crippen molar-refractivity contribution in [2.45, 2.75) is 91.0 Å². The van der Waals surface area contributed by atoms with Crippen LogP contribution in [0.25, 0.3) is 0 Å². The molecule has 3 unspecified atom stereocenters. The van der Waals surface area contributed by atoms with Crippen molar-refractivity contribution in [1.29, 1.82) is 0 Å². The molecule has 1 nitrogen and oxygen atoms in total. The molecule has 0 aromatic carbocycles. The van der Waals surface area contributed by atoms with E-state index in [2.05, 4.69) is 26.1 Å². The maximum Gasteiger partial charge on any atom is 0.00978 e. The first-order valence-corrected chi connectivity index (χ1v) is 8.53. The third kappa shape index (κ3) is 5.73. The fourth-order valence-corrected chi connectivity index (χ4v) is 3.54. The van der Waals surface area contributed by atoms with E-state index < -0.39 is 0 Å². The van der Waals surface area contributed by atoms with Gasteiger partial charge in [-0.2, -0.15) is 0 Å². The molecule has 3 atom stereocenters. The molecular formula is C17H35N. The fraction of sp³-hybridized carbons (Fsp3) is 1.00. The number of hydrogen-bond acceptors (Lipinski definition) is 1. The number of unbranched alkanes of at least 4 members (excludes halogenated alkanes) is 4. The Morgan fingerprint density at radius 1 is 1.00 bits per heavy atom. The van der Waals surface area contributed by atoms with Crippen LogP contribution in [0.3, 0.4) is 0 Å². The van der Waals surface area contributed by atoms with Gasteiger partial charge in [-0.15, -0.1) is 0 Å². The summed E-state index contributed by atoms with van der Waals surface area (Å²) in [5.41, 5.74) is 0. The quantitative estimate of drug-likeness (QED) is 0.531. The van der Waals surface area contributed by atoms with E-state index in [1.807, 2.05) is 0 Å². The fourth-order valence-electron chi connectivity index (χ4n) is 3.54. The van der Waals surface area contributed by atoms with E-state index in [0.717, 1.165) is 17.9 Å². The SMILES string of the molecule is CCCCCCCC(NCCC)C1CCCC1C. The summed E-state index contributed by atoms with van der Waals surface area (Å²) in [5.74, 6) is 1.91. The average molecular weight is 253 g/mol. The van der Waals surface area contributed by atoms with Crippen molar-refractivity contribution in [3.05, 3.63) is 0 Å². The summed E-state index contributed by atoms with van der Waals surface area (Å²) >= 11 is 0. The van der Waals surface area contributed by atoms with Crippen molar-refractivity contribution in [3.8, 4) is 0 Å². The minimum Gasteiger partial charge on any atom is -0.314 e. The van der Waals surface area contributed by atoms with Gasteiger partial charge >= 0.3 is 0 Å². The molecule has 0 aromatic heterocycles. The molecule has 1 heteroatoms. The Kier molecular flexibility index (Phi) is 8.75. The first-order chi connectivity index (χ1) is 8.79. The van der Waals surface area contributed by atoms with Gasteiger partial charge in [-0.3, -0.25) is 0 Å². The third-order valence-electron chi connectivity index (χ3n) is 4.72. The normalized spacial score (nSPS) is 25.5. The van der Waals surface area contributed by atoms with Crippen LogP contribution in [-0.4, -0.2) is 12.6 Å². The molecule has 0 spiro atoms. The van der Waals surface area contributed by atoms with E-state index in [1.54, 1.807) is 0 Å². The van der Waals surface area contributed by atoms with Gasteiger partial charge in [0.05, 0.1) is 0 Å². The standard InChI is InChI=1S/C17H35N/c1-4-6-7-8-9-13-17(18-14-5-2)16-12-10-11-15(16)3/h15-18H,4-14H2,1-3H3.